The first-order chi connectivity index (χ1) is 9.79. The number of rotatable bonds is 7. The van der Waals surface area contributed by atoms with E-state index < -0.39 is 6.10 Å². The van der Waals surface area contributed by atoms with E-state index in [9.17, 15) is 5.11 Å². The van der Waals surface area contributed by atoms with Gasteiger partial charge in [0.1, 0.15) is 0 Å². The van der Waals surface area contributed by atoms with Crippen molar-refractivity contribution in [1.29, 1.82) is 0 Å². The number of benzene rings is 1. The van der Waals surface area contributed by atoms with Crippen LogP contribution in [0.3, 0.4) is 0 Å². The molecule has 112 valence electrons. The molecular formula is C15H24N2O3. The summed E-state index contributed by atoms with van der Waals surface area (Å²) in [5, 5.41) is 12.9. The molecular weight excluding hydrogens is 256 g/mol. The van der Waals surface area contributed by atoms with E-state index >= 15 is 0 Å². The van der Waals surface area contributed by atoms with Gasteiger partial charge in [-0.25, -0.2) is 0 Å². The summed E-state index contributed by atoms with van der Waals surface area (Å²) in [6.07, 6.45) is -0.478. The Labute approximate surface area is 120 Å². The van der Waals surface area contributed by atoms with E-state index in [-0.39, 0.29) is 0 Å². The van der Waals surface area contributed by atoms with E-state index in [1.54, 1.807) is 0 Å². The van der Waals surface area contributed by atoms with Crippen molar-refractivity contribution in [2.75, 3.05) is 56.3 Å². The van der Waals surface area contributed by atoms with E-state index in [1.165, 1.54) is 5.69 Å². The van der Waals surface area contributed by atoms with Crippen molar-refractivity contribution in [3.63, 3.8) is 0 Å². The second-order valence-corrected chi connectivity index (χ2v) is 4.84. The molecule has 0 bridgehead atoms. The molecule has 1 aliphatic heterocycles. The lowest BCUT2D eigenvalue weighted by Crippen LogP contribution is -2.36. The third-order valence-electron chi connectivity index (χ3n) is 3.30. The minimum atomic E-state index is -0.478. The molecule has 1 fully saturated rings. The van der Waals surface area contributed by atoms with Crippen LogP contribution in [0.25, 0.3) is 0 Å². The Morgan fingerprint density at radius 2 is 2.00 bits per heavy atom. The average Bonchev–Trinajstić information content (AvgIpc) is 2.52. The van der Waals surface area contributed by atoms with Gasteiger partial charge in [0.15, 0.2) is 0 Å². The average molecular weight is 280 g/mol. The number of hydrogen-bond acceptors (Lipinski definition) is 5. The Hall–Kier alpha value is -1.30. The standard InChI is InChI=1S/C15H24N2O3/c1-2-19-12-15(18)11-16-13-3-5-14(6-4-13)17-7-9-20-10-8-17/h3-6,15-16,18H,2,7-12H2,1H3. The minimum Gasteiger partial charge on any atom is -0.389 e. The first-order valence-electron chi connectivity index (χ1n) is 7.22. The van der Waals surface area contributed by atoms with Crippen LogP contribution >= 0.6 is 0 Å². The molecule has 1 aromatic rings. The molecule has 2 rings (SSSR count). The molecule has 20 heavy (non-hydrogen) atoms. The van der Waals surface area contributed by atoms with E-state index in [0.717, 1.165) is 32.0 Å². The highest BCUT2D eigenvalue weighted by atomic mass is 16.5. The third kappa shape index (κ3) is 4.67. The number of nitrogens with one attached hydrogen (secondary N) is 1. The molecule has 1 aromatic carbocycles. The summed E-state index contributed by atoms with van der Waals surface area (Å²) < 4.78 is 10.5. The summed E-state index contributed by atoms with van der Waals surface area (Å²) in [7, 11) is 0. The molecule has 1 heterocycles. The van der Waals surface area contributed by atoms with Crippen molar-refractivity contribution >= 4 is 11.4 Å². The molecule has 1 saturated heterocycles. The van der Waals surface area contributed by atoms with Gasteiger partial charge in [-0.15, -0.1) is 0 Å². The molecule has 0 aliphatic carbocycles. The molecule has 5 nitrogen and oxygen atoms in total. The highest BCUT2D eigenvalue weighted by molar-refractivity contribution is 5.55. The maximum absolute atomic E-state index is 9.69. The fraction of sp³-hybridized carbons (Fsp3) is 0.600. The highest BCUT2D eigenvalue weighted by Crippen LogP contribution is 2.18. The van der Waals surface area contributed by atoms with E-state index in [4.69, 9.17) is 9.47 Å². The van der Waals surface area contributed by atoms with Crippen LogP contribution in [0.4, 0.5) is 11.4 Å². The van der Waals surface area contributed by atoms with Crippen LogP contribution in [0.1, 0.15) is 6.92 Å². The second-order valence-electron chi connectivity index (χ2n) is 4.84. The summed E-state index contributed by atoms with van der Waals surface area (Å²) in [6, 6.07) is 8.28. The van der Waals surface area contributed by atoms with Gasteiger partial charge >= 0.3 is 0 Å². The number of morpholine rings is 1. The topological polar surface area (TPSA) is 54.0 Å². The molecule has 0 aromatic heterocycles. The molecule has 0 spiro atoms. The predicted molar refractivity (Wildman–Crippen MR) is 80.5 cm³/mol. The zero-order valence-corrected chi connectivity index (χ0v) is 12.0. The molecule has 5 heteroatoms. The normalized spacial score (nSPS) is 17.0. The first kappa shape index (κ1) is 15.1. The van der Waals surface area contributed by atoms with Crippen molar-refractivity contribution in [2.45, 2.75) is 13.0 Å². The van der Waals surface area contributed by atoms with Crippen molar-refractivity contribution in [3.05, 3.63) is 24.3 Å². The summed E-state index contributed by atoms with van der Waals surface area (Å²) in [5.41, 5.74) is 2.23. The number of ether oxygens (including phenoxy) is 2. The lowest BCUT2D eigenvalue weighted by Gasteiger charge is -2.29. The van der Waals surface area contributed by atoms with Crippen LogP contribution in [0.5, 0.6) is 0 Å². The third-order valence-corrected chi connectivity index (χ3v) is 3.30. The number of hydrogen-bond donors (Lipinski definition) is 2. The predicted octanol–water partition coefficient (Wildman–Crippen LogP) is 1.33. The minimum absolute atomic E-state index is 0.370. The van der Waals surface area contributed by atoms with Crippen molar-refractivity contribution in [1.82, 2.24) is 0 Å². The van der Waals surface area contributed by atoms with Crippen LogP contribution in [0.15, 0.2) is 24.3 Å². The monoisotopic (exact) mass is 280 g/mol. The van der Waals surface area contributed by atoms with Crippen LogP contribution in [0, 0.1) is 0 Å². The van der Waals surface area contributed by atoms with Crippen molar-refractivity contribution < 1.29 is 14.6 Å². The number of aliphatic hydroxyl groups is 1. The van der Waals surface area contributed by atoms with Gasteiger partial charge in [0.25, 0.3) is 0 Å². The summed E-state index contributed by atoms with van der Waals surface area (Å²) in [4.78, 5) is 2.32. The number of anilines is 2. The molecule has 1 atom stereocenters. The maximum Gasteiger partial charge on any atom is 0.0945 e. The molecule has 2 N–H and O–H groups in total. The van der Waals surface area contributed by atoms with Crippen LogP contribution < -0.4 is 10.2 Å². The smallest absolute Gasteiger partial charge is 0.0945 e. The fourth-order valence-electron chi connectivity index (χ4n) is 2.16. The molecule has 0 amide bonds. The quantitative estimate of drug-likeness (QED) is 0.789. The van der Waals surface area contributed by atoms with E-state index in [1.807, 2.05) is 19.1 Å². The van der Waals surface area contributed by atoms with Crippen LogP contribution in [-0.4, -0.2) is 57.3 Å². The lowest BCUT2D eigenvalue weighted by atomic mass is 10.2. The second kappa shape index (κ2) is 8.09. The Kier molecular flexibility index (Phi) is 6.11. The lowest BCUT2D eigenvalue weighted by molar-refractivity contribution is 0.0496. The van der Waals surface area contributed by atoms with Crippen LogP contribution in [-0.2, 0) is 9.47 Å². The fourth-order valence-corrected chi connectivity index (χ4v) is 2.16. The Bertz CT molecular complexity index is 377. The van der Waals surface area contributed by atoms with Gasteiger partial charge in [-0.2, -0.15) is 0 Å². The van der Waals surface area contributed by atoms with Gasteiger partial charge in [0.05, 0.1) is 25.9 Å². The van der Waals surface area contributed by atoms with Gasteiger partial charge in [-0.05, 0) is 31.2 Å². The summed E-state index contributed by atoms with van der Waals surface area (Å²) in [6.45, 7) is 6.90. The van der Waals surface area contributed by atoms with Gasteiger partial charge in [-0.1, -0.05) is 0 Å². The number of aliphatic hydroxyl groups excluding tert-OH is 1. The maximum atomic E-state index is 9.69. The van der Waals surface area contributed by atoms with Crippen molar-refractivity contribution in [2.24, 2.45) is 0 Å². The largest absolute Gasteiger partial charge is 0.389 e. The molecule has 1 aliphatic rings. The van der Waals surface area contributed by atoms with Gasteiger partial charge < -0.3 is 24.8 Å². The summed E-state index contributed by atoms with van der Waals surface area (Å²) in [5.74, 6) is 0. The first-order valence-corrected chi connectivity index (χ1v) is 7.22. The zero-order chi connectivity index (χ0) is 14.2. The van der Waals surface area contributed by atoms with Gasteiger partial charge in [0.2, 0.25) is 0 Å². The van der Waals surface area contributed by atoms with Crippen LogP contribution in [0.2, 0.25) is 0 Å². The van der Waals surface area contributed by atoms with E-state index in [2.05, 4.69) is 22.3 Å². The highest BCUT2D eigenvalue weighted by Gasteiger charge is 2.10. The molecule has 0 radical (unpaired) electrons. The van der Waals surface area contributed by atoms with Gasteiger partial charge in [-0.3, -0.25) is 0 Å². The zero-order valence-electron chi connectivity index (χ0n) is 12.0. The molecule has 1 unspecified atom stereocenters. The number of nitrogens with zero attached hydrogens (tertiary/aromatic N) is 1. The van der Waals surface area contributed by atoms with Gasteiger partial charge in [0, 0.05) is 37.6 Å². The van der Waals surface area contributed by atoms with E-state index in [0.29, 0.717) is 19.8 Å². The molecule has 0 saturated carbocycles. The SMILES string of the molecule is CCOCC(O)CNc1ccc(N2CCOCC2)cc1. The Morgan fingerprint density at radius 1 is 1.30 bits per heavy atom. The van der Waals surface area contributed by atoms with Crippen molar-refractivity contribution in [3.8, 4) is 0 Å². The Balaban J connectivity index is 1.79. The Morgan fingerprint density at radius 3 is 2.65 bits per heavy atom. The summed E-state index contributed by atoms with van der Waals surface area (Å²) >= 11 is 0.